The molecular formula is C12H26ClNO2S. The average molecular weight is 284 g/mol. The lowest BCUT2D eigenvalue weighted by Gasteiger charge is -2.25. The molecule has 0 aromatic heterocycles. The van der Waals surface area contributed by atoms with Gasteiger partial charge in [0.2, 0.25) is 0 Å². The Hall–Kier alpha value is 0.200. The maximum atomic E-state index is 11.8. The fourth-order valence-electron chi connectivity index (χ4n) is 2.37. The van der Waals surface area contributed by atoms with Gasteiger partial charge in [-0.1, -0.05) is 19.8 Å². The van der Waals surface area contributed by atoms with Crippen LogP contribution in [0.4, 0.5) is 0 Å². The van der Waals surface area contributed by atoms with Gasteiger partial charge in [0.15, 0.2) is 9.84 Å². The Morgan fingerprint density at radius 2 is 1.71 bits per heavy atom. The first-order chi connectivity index (χ1) is 7.53. The van der Waals surface area contributed by atoms with Crippen LogP contribution in [0, 0.1) is 5.92 Å². The molecule has 104 valence electrons. The van der Waals surface area contributed by atoms with E-state index in [4.69, 9.17) is 5.73 Å². The molecule has 1 saturated carbocycles. The van der Waals surface area contributed by atoms with Gasteiger partial charge in [0.1, 0.15) is 0 Å². The molecule has 5 heteroatoms. The van der Waals surface area contributed by atoms with Crippen LogP contribution in [0.15, 0.2) is 0 Å². The van der Waals surface area contributed by atoms with Crippen LogP contribution in [0.3, 0.4) is 0 Å². The summed E-state index contributed by atoms with van der Waals surface area (Å²) in [4.78, 5) is 0. The number of rotatable bonds is 6. The van der Waals surface area contributed by atoms with Crippen molar-refractivity contribution in [2.75, 3.05) is 11.5 Å². The summed E-state index contributed by atoms with van der Waals surface area (Å²) in [5, 5.41) is 0. The number of halogens is 1. The third-order valence-corrected chi connectivity index (χ3v) is 5.33. The molecule has 0 saturated heterocycles. The summed E-state index contributed by atoms with van der Waals surface area (Å²) in [6.45, 7) is 2.09. The zero-order valence-electron chi connectivity index (χ0n) is 10.7. The van der Waals surface area contributed by atoms with Gasteiger partial charge in [-0.2, -0.15) is 0 Å². The second-order valence-corrected chi connectivity index (χ2v) is 7.33. The first-order valence-corrected chi connectivity index (χ1v) is 8.31. The van der Waals surface area contributed by atoms with Crippen molar-refractivity contribution in [1.29, 1.82) is 0 Å². The summed E-state index contributed by atoms with van der Waals surface area (Å²) in [5.74, 6) is 1.14. The highest BCUT2D eigenvalue weighted by Crippen LogP contribution is 2.24. The third-order valence-electron chi connectivity index (χ3n) is 3.44. The second kappa shape index (κ2) is 8.33. The molecule has 0 bridgehead atoms. The largest absolute Gasteiger partial charge is 0.328 e. The van der Waals surface area contributed by atoms with Gasteiger partial charge >= 0.3 is 0 Å². The Morgan fingerprint density at radius 3 is 2.24 bits per heavy atom. The van der Waals surface area contributed by atoms with Crippen LogP contribution >= 0.6 is 12.4 Å². The van der Waals surface area contributed by atoms with Crippen molar-refractivity contribution in [3.63, 3.8) is 0 Å². The molecule has 0 unspecified atom stereocenters. The van der Waals surface area contributed by atoms with Crippen molar-refractivity contribution in [2.24, 2.45) is 11.7 Å². The first-order valence-electron chi connectivity index (χ1n) is 6.49. The molecule has 2 N–H and O–H groups in total. The van der Waals surface area contributed by atoms with E-state index in [1.165, 1.54) is 0 Å². The van der Waals surface area contributed by atoms with E-state index in [0.717, 1.165) is 44.9 Å². The van der Waals surface area contributed by atoms with E-state index in [9.17, 15) is 8.42 Å². The van der Waals surface area contributed by atoms with Gasteiger partial charge in [0, 0.05) is 6.04 Å². The molecule has 0 spiro atoms. The van der Waals surface area contributed by atoms with Crippen LogP contribution in [-0.4, -0.2) is 26.0 Å². The van der Waals surface area contributed by atoms with E-state index in [1.54, 1.807) is 0 Å². The van der Waals surface area contributed by atoms with Crippen LogP contribution in [0.2, 0.25) is 0 Å². The van der Waals surface area contributed by atoms with Gasteiger partial charge in [-0.25, -0.2) is 8.42 Å². The van der Waals surface area contributed by atoms with Gasteiger partial charge in [0.05, 0.1) is 11.5 Å². The number of hydrogen-bond acceptors (Lipinski definition) is 3. The SMILES string of the molecule is CCCCCS(=O)(=O)CC1CCC(N)CC1.Cl. The Morgan fingerprint density at radius 1 is 1.12 bits per heavy atom. The highest BCUT2D eigenvalue weighted by molar-refractivity contribution is 7.91. The number of unbranched alkanes of at least 4 members (excludes halogenated alkanes) is 2. The van der Waals surface area contributed by atoms with E-state index in [1.807, 2.05) is 0 Å². The molecule has 0 amide bonds. The number of hydrogen-bond donors (Lipinski definition) is 1. The van der Waals surface area contributed by atoms with Gasteiger partial charge in [-0.3, -0.25) is 0 Å². The monoisotopic (exact) mass is 283 g/mol. The summed E-state index contributed by atoms with van der Waals surface area (Å²) in [5.41, 5.74) is 5.81. The lowest BCUT2D eigenvalue weighted by Crippen LogP contribution is -2.30. The molecule has 0 radical (unpaired) electrons. The molecule has 1 aliphatic rings. The zero-order valence-corrected chi connectivity index (χ0v) is 12.4. The maximum absolute atomic E-state index is 11.8. The van der Waals surface area contributed by atoms with E-state index in [2.05, 4.69) is 6.92 Å². The fourth-order valence-corrected chi connectivity index (χ4v) is 4.23. The topological polar surface area (TPSA) is 60.2 Å². The molecule has 0 aromatic carbocycles. The van der Waals surface area contributed by atoms with Crippen molar-refractivity contribution in [2.45, 2.75) is 57.9 Å². The molecule has 0 atom stereocenters. The van der Waals surface area contributed by atoms with Gasteiger partial charge in [-0.05, 0) is 38.0 Å². The van der Waals surface area contributed by atoms with Gasteiger partial charge in [-0.15, -0.1) is 12.4 Å². The molecule has 0 aliphatic heterocycles. The Labute approximate surface area is 112 Å². The Kier molecular flexibility index (Phi) is 8.43. The average Bonchev–Trinajstić information content (AvgIpc) is 2.21. The fraction of sp³-hybridized carbons (Fsp3) is 1.00. The highest BCUT2D eigenvalue weighted by Gasteiger charge is 2.23. The normalized spacial score (nSPS) is 25.3. The summed E-state index contributed by atoms with van der Waals surface area (Å²) in [6, 6.07) is 0.305. The molecule has 1 fully saturated rings. The molecule has 1 rings (SSSR count). The lowest BCUT2D eigenvalue weighted by atomic mass is 9.88. The second-order valence-electron chi connectivity index (χ2n) is 5.10. The van der Waals surface area contributed by atoms with E-state index < -0.39 is 9.84 Å². The summed E-state index contributed by atoms with van der Waals surface area (Å²) >= 11 is 0. The van der Waals surface area contributed by atoms with Crippen molar-refractivity contribution in [3.05, 3.63) is 0 Å². The van der Waals surface area contributed by atoms with Crippen LogP contribution in [-0.2, 0) is 9.84 Å². The molecule has 1 aliphatic carbocycles. The molecule has 17 heavy (non-hydrogen) atoms. The zero-order chi connectivity index (χ0) is 12.0. The van der Waals surface area contributed by atoms with Crippen molar-refractivity contribution < 1.29 is 8.42 Å². The summed E-state index contributed by atoms with van der Waals surface area (Å²) in [6.07, 6.45) is 6.90. The van der Waals surface area contributed by atoms with Gasteiger partial charge in [0.25, 0.3) is 0 Å². The van der Waals surface area contributed by atoms with Crippen LogP contribution in [0.25, 0.3) is 0 Å². The predicted molar refractivity (Wildman–Crippen MR) is 75.4 cm³/mol. The standard InChI is InChI=1S/C12H25NO2S.ClH/c1-2-3-4-9-16(14,15)10-11-5-7-12(13)8-6-11;/h11-12H,2-10,13H2,1H3;1H. The molecule has 3 nitrogen and oxygen atoms in total. The van der Waals surface area contributed by atoms with Crippen LogP contribution in [0.5, 0.6) is 0 Å². The van der Waals surface area contributed by atoms with E-state index in [0.29, 0.717) is 23.5 Å². The van der Waals surface area contributed by atoms with Crippen molar-refractivity contribution in [3.8, 4) is 0 Å². The minimum atomic E-state index is -2.81. The Balaban J connectivity index is 0.00000256. The van der Waals surface area contributed by atoms with Crippen LogP contribution in [0.1, 0.15) is 51.9 Å². The molecule has 0 aromatic rings. The van der Waals surface area contributed by atoms with Crippen molar-refractivity contribution >= 4 is 22.2 Å². The van der Waals surface area contributed by atoms with E-state index >= 15 is 0 Å². The van der Waals surface area contributed by atoms with Crippen molar-refractivity contribution in [1.82, 2.24) is 0 Å². The lowest BCUT2D eigenvalue weighted by molar-refractivity contribution is 0.348. The third kappa shape index (κ3) is 7.27. The summed E-state index contributed by atoms with van der Waals surface area (Å²) in [7, 11) is -2.81. The maximum Gasteiger partial charge on any atom is 0.150 e. The predicted octanol–water partition coefficient (Wildman–Crippen LogP) is 2.53. The minimum absolute atomic E-state index is 0. The highest BCUT2D eigenvalue weighted by atomic mass is 35.5. The Bertz CT molecular complexity index is 285. The van der Waals surface area contributed by atoms with Crippen LogP contribution < -0.4 is 5.73 Å². The quantitative estimate of drug-likeness (QED) is 0.762. The molecule has 0 heterocycles. The number of sulfone groups is 1. The molecular weight excluding hydrogens is 258 g/mol. The first kappa shape index (κ1) is 17.2. The summed E-state index contributed by atoms with van der Waals surface area (Å²) < 4.78 is 23.6. The van der Waals surface area contributed by atoms with E-state index in [-0.39, 0.29) is 12.4 Å². The number of nitrogens with two attached hydrogens (primary N) is 1. The van der Waals surface area contributed by atoms with Gasteiger partial charge < -0.3 is 5.73 Å². The smallest absolute Gasteiger partial charge is 0.150 e. The minimum Gasteiger partial charge on any atom is -0.328 e.